The molecule has 0 bridgehead atoms. The Kier molecular flexibility index (Phi) is 4.82. The smallest absolute Gasteiger partial charge is 0.387 e. The third kappa shape index (κ3) is 3.87. The molecule has 1 aromatic carbocycles. The van der Waals surface area contributed by atoms with Crippen molar-refractivity contribution in [3.05, 3.63) is 47.9 Å². The number of nitrogen functional groups attached to an aromatic ring is 1. The van der Waals surface area contributed by atoms with E-state index in [-0.39, 0.29) is 29.7 Å². The molecule has 0 spiro atoms. The summed E-state index contributed by atoms with van der Waals surface area (Å²) >= 11 is 0. The van der Waals surface area contributed by atoms with Gasteiger partial charge in [-0.15, -0.1) is 0 Å². The Bertz CT molecular complexity index is 650. The quantitative estimate of drug-likeness (QED) is 0.913. The molecule has 1 heterocycles. The average Bonchev–Trinajstić information content (AvgIpc) is 2.48. The van der Waals surface area contributed by atoms with Crippen LogP contribution in [0.3, 0.4) is 0 Å². The third-order valence-corrected chi connectivity index (χ3v) is 2.84. The van der Waals surface area contributed by atoms with Gasteiger partial charge in [0.25, 0.3) is 5.91 Å². The maximum absolute atomic E-state index is 12.2. The van der Waals surface area contributed by atoms with Gasteiger partial charge in [-0.1, -0.05) is 12.1 Å². The molecule has 0 aliphatic carbocycles. The SMILES string of the molecule is CN(Cc1ccc(OC(F)F)cc1)C(=O)c1nccnc1N. The number of carbonyl (C=O) groups excluding carboxylic acids is 1. The van der Waals surface area contributed by atoms with E-state index in [4.69, 9.17) is 5.73 Å². The highest BCUT2D eigenvalue weighted by atomic mass is 19.3. The van der Waals surface area contributed by atoms with Crippen LogP contribution in [-0.4, -0.2) is 34.4 Å². The average molecular weight is 308 g/mol. The van der Waals surface area contributed by atoms with Gasteiger partial charge in [-0.25, -0.2) is 9.97 Å². The number of nitrogens with zero attached hydrogens (tertiary/aromatic N) is 3. The van der Waals surface area contributed by atoms with Crippen LogP contribution >= 0.6 is 0 Å². The fourth-order valence-corrected chi connectivity index (χ4v) is 1.82. The molecule has 0 atom stereocenters. The standard InChI is InChI=1S/C14H14F2N4O2/c1-20(13(21)11-12(17)19-7-6-18-11)8-9-2-4-10(5-3-9)22-14(15)16/h2-7,14H,8H2,1H3,(H2,17,19). The lowest BCUT2D eigenvalue weighted by Gasteiger charge is -2.17. The molecule has 6 nitrogen and oxygen atoms in total. The highest BCUT2D eigenvalue weighted by Crippen LogP contribution is 2.16. The number of nitrogens with two attached hydrogens (primary N) is 1. The second-order valence-electron chi connectivity index (χ2n) is 4.47. The normalized spacial score (nSPS) is 10.5. The number of ether oxygens (including phenoxy) is 1. The molecule has 0 saturated carbocycles. The van der Waals surface area contributed by atoms with E-state index in [0.29, 0.717) is 0 Å². The van der Waals surface area contributed by atoms with Crippen LogP contribution in [0, 0.1) is 0 Å². The molecule has 22 heavy (non-hydrogen) atoms. The summed E-state index contributed by atoms with van der Waals surface area (Å²) in [7, 11) is 1.58. The lowest BCUT2D eigenvalue weighted by atomic mass is 10.2. The molecule has 0 saturated heterocycles. The van der Waals surface area contributed by atoms with E-state index in [1.54, 1.807) is 19.2 Å². The van der Waals surface area contributed by atoms with Crippen LogP contribution in [0.4, 0.5) is 14.6 Å². The molecule has 116 valence electrons. The second kappa shape index (κ2) is 6.79. The van der Waals surface area contributed by atoms with Gasteiger partial charge in [-0.05, 0) is 17.7 Å². The number of halogens is 2. The molecule has 0 fully saturated rings. The highest BCUT2D eigenvalue weighted by Gasteiger charge is 2.17. The Hall–Kier alpha value is -2.77. The first-order chi connectivity index (χ1) is 10.5. The van der Waals surface area contributed by atoms with E-state index in [1.807, 2.05) is 0 Å². The van der Waals surface area contributed by atoms with Crippen molar-refractivity contribution in [2.75, 3.05) is 12.8 Å². The lowest BCUT2D eigenvalue weighted by molar-refractivity contribution is -0.0498. The predicted molar refractivity (Wildman–Crippen MR) is 75.3 cm³/mol. The number of aromatic nitrogens is 2. The van der Waals surface area contributed by atoms with Crippen molar-refractivity contribution < 1.29 is 18.3 Å². The van der Waals surface area contributed by atoms with Crippen molar-refractivity contribution in [1.82, 2.24) is 14.9 Å². The van der Waals surface area contributed by atoms with Gasteiger partial charge >= 0.3 is 6.61 Å². The molecule has 0 aliphatic rings. The van der Waals surface area contributed by atoms with Gasteiger partial charge in [0, 0.05) is 26.0 Å². The van der Waals surface area contributed by atoms with Crippen LogP contribution in [-0.2, 0) is 6.54 Å². The van der Waals surface area contributed by atoms with Crippen molar-refractivity contribution >= 4 is 11.7 Å². The zero-order valence-corrected chi connectivity index (χ0v) is 11.7. The summed E-state index contributed by atoms with van der Waals surface area (Å²) < 4.78 is 28.4. The van der Waals surface area contributed by atoms with Crippen molar-refractivity contribution in [3.8, 4) is 5.75 Å². The van der Waals surface area contributed by atoms with Crippen molar-refractivity contribution in [2.45, 2.75) is 13.2 Å². The minimum Gasteiger partial charge on any atom is -0.435 e. The Morgan fingerprint density at radius 1 is 1.27 bits per heavy atom. The maximum Gasteiger partial charge on any atom is 0.387 e. The Balaban J connectivity index is 2.04. The fourth-order valence-electron chi connectivity index (χ4n) is 1.82. The molecular weight excluding hydrogens is 294 g/mol. The number of anilines is 1. The van der Waals surface area contributed by atoms with E-state index >= 15 is 0 Å². The summed E-state index contributed by atoms with van der Waals surface area (Å²) in [6.45, 7) is -2.60. The summed E-state index contributed by atoms with van der Waals surface area (Å²) in [5, 5.41) is 0. The third-order valence-electron chi connectivity index (χ3n) is 2.84. The summed E-state index contributed by atoms with van der Waals surface area (Å²) in [6, 6.07) is 6.02. The number of hydrogen-bond acceptors (Lipinski definition) is 5. The van der Waals surface area contributed by atoms with Crippen molar-refractivity contribution in [3.63, 3.8) is 0 Å². The molecule has 2 aromatic rings. The molecule has 2 rings (SSSR count). The maximum atomic E-state index is 12.2. The van der Waals surface area contributed by atoms with Crippen LogP contribution in [0.5, 0.6) is 5.75 Å². The van der Waals surface area contributed by atoms with E-state index in [1.165, 1.54) is 29.4 Å². The molecular formula is C14H14F2N4O2. The van der Waals surface area contributed by atoms with Crippen LogP contribution in [0.25, 0.3) is 0 Å². The topological polar surface area (TPSA) is 81.3 Å². The first-order valence-electron chi connectivity index (χ1n) is 6.33. The monoisotopic (exact) mass is 308 g/mol. The van der Waals surface area contributed by atoms with Crippen molar-refractivity contribution in [1.29, 1.82) is 0 Å². The molecule has 8 heteroatoms. The summed E-state index contributed by atoms with van der Waals surface area (Å²) in [5.41, 5.74) is 6.43. The largest absolute Gasteiger partial charge is 0.435 e. The Labute approximate surface area is 125 Å². The second-order valence-corrected chi connectivity index (χ2v) is 4.47. The molecule has 0 radical (unpaired) electrons. The predicted octanol–water partition coefficient (Wildman–Crippen LogP) is 1.93. The van der Waals surface area contributed by atoms with Gasteiger partial charge in [0.2, 0.25) is 0 Å². The summed E-state index contributed by atoms with van der Waals surface area (Å²) in [6.07, 6.45) is 2.78. The van der Waals surface area contributed by atoms with E-state index in [2.05, 4.69) is 14.7 Å². The zero-order valence-electron chi connectivity index (χ0n) is 11.7. The van der Waals surface area contributed by atoms with Crippen molar-refractivity contribution in [2.24, 2.45) is 0 Å². The van der Waals surface area contributed by atoms with Gasteiger partial charge in [0.15, 0.2) is 11.5 Å². The molecule has 1 amide bonds. The van der Waals surface area contributed by atoms with Gasteiger partial charge < -0.3 is 15.4 Å². The minimum atomic E-state index is -2.87. The number of carbonyl (C=O) groups is 1. The van der Waals surface area contributed by atoms with Crippen LogP contribution in [0.15, 0.2) is 36.7 Å². The van der Waals surface area contributed by atoms with Gasteiger partial charge in [-0.3, -0.25) is 4.79 Å². The van der Waals surface area contributed by atoms with E-state index in [9.17, 15) is 13.6 Å². The Morgan fingerprint density at radius 2 is 1.91 bits per heavy atom. The summed E-state index contributed by atoms with van der Waals surface area (Å²) in [5.74, 6) is -0.260. The zero-order chi connectivity index (χ0) is 16.1. The van der Waals surface area contributed by atoms with Gasteiger partial charge in [0.1, 0.15) is 5.75 Å². The first-order valence-corrected chi connectivity index (χ1v) is 6.33. The molecule has 0 aliphatic heterocycles. The van der Waals surface area contributed by atoms with Gasteiger partial charge in [0.05, 0.1) is 0 Å². The first kappa shape index (κ1) is 15.6. The Morgan fingerprint density at radius 3 is 2.50 bits per heavy atom. The molecule has 0 unspecified atom stereocenters. The summed E-state index contributed by atoms with van der Waals surface area (Å²) in [4.78, 5) is 21.3. The molecule has 1 aromatic heterocycles. The fraction of sp³-hybridized carbons (Fsp3) is 0.214. The number of benzene rings is 1. The molecule has 2 N–H and O–H groups in total. The van der Waals surface area contributed by atoms with E-state index in [0.717, 1.165) is 5.56 Å². The van der Waals surface area contributed by atoms with Crippen LogP contribution < -0.4 is 10.5 Å². The lowest BCUT2D eigenvalue weighted by Crippen LogP contribution is -2.28. The number of alkyl halides is 2. The number of amides is 1. The van der Waals surface area contributed by atoms with E-state index < -0.39 is 6.61 Å². The minimum absolute atomic E-state index is 0.0556. The van der Waals surface area contributed by atoms with Crippen LogP contribution in [0.1, 0.15) is 16.1 Å². The highest BCUT2D eigenvalue weighted by molar-refractivity contribution is 5.96. The van der Waals surface area contributed by atoms with Gasteiger partial charge in [-0.2, -0.15) is 8.78 Å². The number of hydrogen-bond donors (Lipinski definition) is 1. The number of rotatable bonds is 5. The van der Waals surface area contributed by atoms with Crippen LogP contribution in [0.2, 0.25) is 0 Å².